The first-order valence-electron chi connectivity index (χ1n) is 4.08. The number of halogens is 1. The third-order valence-corrected chi connectivity index (χ3v) is 2.19. The molecule has 3 nitrogen and oxygen atoms in total. The molecule has 0 aliphatic rings. The van der Waals surface area contributed by atoms with Crippen LogP contribution in [0.15, 0.2) is 16.7 Å². The van der Waals surface area contributed by atoms with Gasteiger partial charge < -0.3 is 10.5 Å². The smallest absolute Gasteiger partial charge is 0.151 e. The summed E-state index contributed by atoms with van der Waals surface area (Å²) in [5.74, 6) is 0.744. The van der Waals surface area contributed by atoms with E-state index in [1.807, 2.05) is 19.1 Å². The topological polar surface area (TPSA) is 48.1 Å². The number of aromatic nitrogens is 1. The van der Waals surface area contributed by atoms with Crippen LogP contribution in [0, 0.1) is 0 Å². The van der Waals surface area contributed by atoms with Crippen molar-refractivity contribution in [3.8, 4) is 5.75 Å². The van der Waals surface area contributed by atoms with Crippen LogP contribution in [0.2, 0.25) is 0 Å². The van der Waals surface area contributed by atoms with E-state index in [-0.39, 0.29) is 6.04 Å². The molecule has 13 heavy (non-hydrogen) atoms. The summed E-state index contributed by atoms with van der Waals surface area (Å²) in [6.07, 6.45) is 0.780. The van der Waals surface area contributed by atoms with Crippen LogP contribution in [0.4, 0.5) is 0 Å². The fraction of sp³-hybridized carbons (Fsp3) is 0.444. The predicted molar refractivity (Wildman–Crippen MR) is 55.8 cm³/mol. The van der Waals surface area contributed by atoms with E-state index in [2.05, 4.69) is 20.9 Å². The van der Waals surface area contributed by atoms with Crippen molar-refractivity contribution < 1.29 is 4.74 Å². The Morgan fingerprint density at radius 2 is 2.31 bits per heavy atom. The van der Waals surface area contributed by atoms with E-state index in [9.17, 15) is 0 Å². The molecule has 0 aliphatic carbocycles. The third-order valence-electron chi connectivity index (χ3n) is 1.62. The molecule has 0 saturated heterocycles. The van der Waals surface area contributed by atoms with Gasteiger partial charge in [-0.05, 0) is 35.0 Å². The monoisotopic (exact) mass is 244 g/mol. The summed E-state index contributed by atoms with van der Waals surface area (Å²) in [6, 6.07) is 3.94. The average Bonchev–Trinajstić information content (AvgIpc) is 2.03. The van der Waals surface area contributed by atoms with Gasteiger partial charge in [0.15, 0.2) is 5.75 Å². The van der Waals surface area contributed by atoms with Gasteiger partial charge in [-0.3, -0.25) is 0 Å². The van der Waals surface area contributed by atoms with Crippen LogP contribution >= 0.6 is 15.9 Å². The van der Waals surface area contributed by atoms with Gasteiger partial charge in [0, 0.05) is 18.2 Å². The van der Waals surface area contributed by atoms with E-state index in [0.29, 0.717) is 0 Å². The molecule has 1 aromatic rings. The lowest BCUT2D eigenvalue weighted by atomic mass is 10.2. The van der Waals surface area contributed by atoms with Crippen molar-refractivity contribution in [2.75, 3.05) is 7.11 Å². The summed E-state index contributed by atoms with van der Waals surface area (Å²) in [4.78, 5) is 4.30. The van der Waals surface area contributed by atoms with Gasteiger partial charge in [-0.2, -0.15) is 0 Å². The van der Waals surface area contributed by atoms with Crippen LogP contribution < -0.4 is 10.5 Å². The lowest BCUT2D eigenvalue weighted by Crippen LogP contribution is -2.18. The minimum Gasteiger partial charge on any atom is -0.494 e. The number of hydrogen-bond acceptors (Lipinski definition) is 3. The van der Waals surface area contributed by atoms with Crippen LogP contribution in [0.5, 0.6) is 5.75 Å². The highest BCUT2D eigenvalue weighted by atomic mass is 79.9. The van der Waals surface area contributed by atoms with Crippen molar-refractivity contribution in [2.45, 2.75) is 19.4 Å². The number of ether oxygens (including phenoxy) is 1. The Morgan fingerprint density at radius 1 is 1.62 bits per heavy atom. The number of nitrogens with two attached hydrogens (primary N) is 1. The fourth-order valence-electron chi connectivity index (χ4n) is 1.05. The molecule has 0 bridgehead atoms. The average molecular weight is 245 g/mol. The molecule has 1 unspecified atom stereocenters. The van der Waals surface area contributed by atoms with Crippen LogP contribution in [0.3, 0.4) is 0 Å². The minimum absolute atomic E-state index is 0.132. The summed E-state index contributed by atoms with van der Waals surface area (Å²) in [5.41, 5.74) is 6.63. The number of methoxy groups -OCH3 is 1. The quantitative estimate of drug-likeness (QED) is 0.825. The summed E-state index contributed by atoms with van der Waals surface area (Å²) >= 11 is 3.32. The summed E-state index contributed by atoms with van der Waals surface area (Å²) in [6.45, 7) is 1.96. The number of hydrogen-bond donors (Lipinski definition) is 1. The molecule has 0 aliphatic heterocycles. The second-order valence-corrected chi connectivity index (χ2v) is 3.73. The molecule has 0 amide bonds. The van der Waals surface area contributed by atoms with Gasteiger partial charge in [-0.1, -0.05) is 0 Å². The Hall–Kier alpha value is -0.610. The van der Waals surface area contributed by atoms with E-state index in [4.69, 9.17) is 10.5 Å². The maximum atomic E-state index is 5.66. The molecule has 1 aromatic heterocycles. The Balaban J connectivity index is 2.83. The first-order chi connectivity index (χ1) is 6.13. The van der Waals surface area contributed by atoms with Crippen LogP contribution in [-0.4, -0.2) is 18.1 Å². The molecular formula is C9H13BrN2O. The lowest BCUT2D eigenvalue weighted by molar-refractivity contribution is 0.409. The normalized spacial score (nSPS) is 12.6. The van der Waals surface area contributed by atoms with Crippen LogP contribution in [0.1, 0.15) is 12.6 Å². The second-order valence-electron chi connectivity index (χ2n) is 2.98. The van der Waals surface area contributed by atoms with E-state index in [0.717, 1.165) is 22.5 Å². The van der Waals surface area contributed by atoms with E-state index >= 15 is 0 Å². The highest BCUT2D eigenvalue weighted by Crippen LogP contribution is 2.22. The molecule has 0 saturated carbocycles. The van der Waals surface area contributed by atoms with Gasteiger partial charge in [0.1, 0.15) is 4.60 Å². The zero-order valence-electron chi connectivity index (χ0n) is 7.75. The molecule has 4 heteroatoms. The molecule has 1 rings (SSSR count). The molecule has 0 radical (unpaired) electrons. The van der Waals surface area contributed by atoms with Gasteiger partial charge in [-0.25, -0.2) is 4.98 Å². The van der Waals surface area contributed by atoms with Crippen molar-refractivity contribution in [3.63, 3.8) is 0 Å². The molecule has 0 aromatic carbocycles. The Morgan fingerprint density at radius 3 is 2.77 bits per heavy atom. The van der Waals surface area contributed by atoms with Crippen LogP contribution in [-0.2, 0) is 6.42 Å². The van der Waals surface area contributed by atoms with Crippen molar-refractivity contribution in [2.24, 2.45) is 5.73 Å². The maximum absolute atomic E-state index is 5.66. The van der Waals surface area contributed by atoms with E-state index in [1.165, 1.54) is 0 Å². The SMILES string of the molecule is COc1ccc(CC(C)N)nc1Br. The van der Waals surface area contributed by atoms with Crippen molar-refractivity contribution in [1.82, 2.24) is 4.98 Å². The number of pyridine rings is 1. The predicted octanol–water partition coefficient (Wildman–Crippen LogP) is 1.74. The molecular weight excluding hydrogens is 232 g/mol. The lowest BCUT2D eigenvalue weighted by Gasteiger charge is -2.07. The Bertz CT molecular complexity index is 289. The summed E-state index contributed by atoms with van der Waals surface area (Å²) in [7, 11) is 1.62. The second kappa shape index (κ2) is 4.58. The zero-order chi connectivity index (χ0) is 9.84. The van der Waals surface area contributed by atoms with Crippen LogP contribution in [0.25, 0.3) is 0 Å². The molecule has 0 fully saturated rings. The van der Waals surface area contributed by atoms with Gasteiger partial charge in [0.25, 0.3) is 0 Å². The molecule has 1 atom stereocenters. The van der Waals surface area contributed by atoms with Gasteiger partial charge >= 0.3 is 0 Å². The summed E-state index contributed by atoms with van der Waals surface area (Å²) < 4.78 is 5.79. The highest BCUT2D eigenvalue weighted by Gasteiger charge is 2.04. The molecule has 72 valence electrons. The van der Waals surface area contributed by atoms with Crippen molar-refractivity contribution in [1.29, 1.82) is 0 Å². The Kier molecular flexibility index (Phi) is 3.69. The molecule has 2 N–H and O–H groups in total. The highest BCUT2D eigenvalue weighted by molar-refractivity contribution is 9.10. The zero-order valence-corrected chi connectivity index (χ0v) is 9.34. The van der Waals surface area contributed by atoms with Gasteiger partial charge in [0.05, 0.1) is 7.11 Å². The number of nitrogens with zero attached hydrogens (tertiary/aromatic N) is 1. The third kappa shape index (κ3) is 2.97. The summed E-state index contributed by atoms with van der Waals surface area (Å²) in [5, 5.41) is 0. The molecule has 1 heterocycles. The maximum Gasteiger partial charge on any atom is 0.151 e. The van der Waals surface area contributed by atoms with Gasteiger partial charge in [-0.15, -0.1) is 0 Å². The number of rotatable bonds is 3. The largest absolute Gasteiger partial charge is 0.494 e. The first-order valence-corrected chi connectivity index (χ1v) is 4.87. The first kappa shape index (κ1) is 10.5. The van der Waals surface area contributed by atoms with Gasteiger partial charge in [0.2, 0.25) is 0 Å². The Labute approximate surface area is 86.4 Å². The fourth-order valence-corrected chi connectivity index (χ4v) is 1.58. The van der Waals surface area contributed by atoms with Crippen molar-refractivity contribution in [3.05, 3.63) is 22.4 Å². The van der Waals surface area contributed by atoms with E-state index in [1.54, 1.807) is 7.11 Å². The minimum atomic E-state index is 0.132. The van der Waals surface area contributed by atoms with E-state index < -0.39 is 0 Å². The standard InChI is InChI=1S/C9H13BrN2O/c1-6(11)5-7-3-4-8(13-2)9(10)12-7/h3-4,6H,5,11H2,1-2H3. The van der Waals surface area contributed by atoms with Crippen molar-refractivity contribution >= 4 is 15.9 Å². The molecule has 0 spiro atoms.